The molecule has 63 heavy (non-hydrogen) atoms. The van der Waals surface area contributed by atoms with E-state index < -0.39 is 32.5 Å². The lowest BCUT2D eigenvalue weighted by molar-refractivity contribution is -0.161. The van der Waals surface area contributed by atoms with Crippen molar-refractivity contribution in [2.45, 2.75) is 225 Å². The highest BCUT2D eigenvalue weighted by Gasteiger charge is 2.25. The predicted octanol–water partition coefficient (Wildman–Crippen LogP) is 15.4. The van der Waals surface area contributed by atoms with Gasteiger partial charge in [0.05, 0.1) is 13.2 Å². The first kappa shape index (κ1) is 60.5. The van der Waals surface area contributed by atoms with E-state index in [1.54, 1.807) is 0 Å². The molecule has 0 aromatic rings. The maximum atomic E-state index is 12.6. The topological polar surface area (TPSA) is 134 Å². The van der Waals surface area contributed by atoms with Crippen molar-refractivity contribution in [3.63, 3.8) is 0 Å². The molecule has 364 valence electrons. The Hall–Kier alpha value is -2.55. The first-order valence-corrected chi connectivity index (χ1v) is 26.9. The number of carbonyl (C=O) groups excluding carboxylic acids is 2. The number of carbonyl (C=O) groups is 2. The zero-order valence-corrected chi connectivity index (χ0v) is 41.2. The third kappa shape index (κ3) is 48.7. The van der Waals surface area contributed by atoms with E-state index in [1.165, 1.54) is 128 Å². The summed E-state index contributed by atoms with van der Waals surface area (Å²) in [6, 6.07) is 0. The van der Waals surface area contributed by atoms with E-state index in [0.29, 0.717) is 6.42 Å². The molecule has 0 fully saturated rings. The minimum absolute atomic E-state index is 0.0398. The average molecular weight is 904 g/mol. The third-order valence-electron chi connectivity index (χ3n) is 10.6. The van der Waals surface area contributed by atoms with Crippen LogP contribution in [-0.2, 0) is 32.7 Å². The van der Waals surface area contributed by atoms with E-state index in [0.717, 1.165) is 57.8 Å². The number of hydrogen-bond donors (Lipinski definition) is 2. The molecular formula is C53H94NO8P. The van der Waals surface area contributed by atoms with Crippen LogP contribution >= 0.6 is 7.82 Å². The second kappa shape index (κ2) is 48.9. The van der Waals surface area contributed by atoms with Gasteiger partial charge in [-0.3, -0.25) is 18.6 Å². The molecule has 0 aliphatic rings. The fourth-order valence-electron chi connectivity index (χ4n) is 6.90. The first-order valence-electron chi connectivity index (χ1n) is 25.4. The van der Waals surface area contributed by atoms with E-state index in [4.69, 9.17) is 24.3 Å². The Kier molecular flexibility index (Phi) is 46.9. The summed E-state index contributed by atoms with van der Waals surface area (Å²) in [5.74, 6) is -0.922. The molecule has 0 aromatic heterocycles. The minimum atomic E-state index is -4.40. The van der Waals surface area contributed by atoms with Gasteiger partial charge in [-0.05, 0) is 51.4 Å². The van der Waals surface area contributed by atoms with Gasteiger partial charge in [0.25, 0.3) is 0 Å². The van der Waals surface area contributed by atoms with Crippen LogP contribution in [0.15, 0.2) is 72.9 Å². The number of nitrogens with two attached hydrogens (primary N) is 1. The van der Waals surface area contributed by atoms with Crippen LogP contribution in [0.5, 0.6) is 0 Å². The van der Waals surface area contributed by atoms with E-state index in [1.807, 2.05) is 12.2 Å². The molecule has 0 aliphatic carbocycles. The highest BCUT2D eigenvalue weighted by molar-refractivity contribution is 7.47. The van der Waals surface area contributed by atoms with Crippen molar-refractivity contribution < 1.29 is 37.6 Å². The predicted molar refractivity (Wildman–Crippen MR) is 266 cm³/mol. The standard InChI is InChI=1S/C53H94NO8P/c1-3-5-7-9-11-13-15-17-19-21-23-24-25-26-28-29-31-33-35-37-39-41-43-45-52(55)59-49-51(50-61-63(57,58)60-48-47-54)62-53(56)46-44-42-40-38-36-34-32-30-27-22-20-18-16-14-12-10-8-6-4-2/h6,8,12,14,18,20,27,30,34,36,40,42,51H,3-5,7,9-11,13,15-17,19,21-26,28-29,31-33,35,37-39,41,43-50,54H2,1-2H3,(H,57,58)/b8-6+,14-12+,20-18+,30-27+,36-34+,42-40+/t51-/m1/s1. The van der Waals surface area contributed by atoms with Crippen molar-refractivity contribution in [1.82, 2.24) is 0 Å². The molecular weight excluding hydrogens is 810 g/mol. The van der Waals surface area contributed by atoms with Gasteiger partial charge in [-0.2, -0.15) is 0 Å². The largest absolute Gasteiger partial charge is 0.472 e. The Morgan fingerprint density at radius 2 is 0.873 bits per heavy atom. The summed E-state index contributed by atoms with van der Waals surface area (Å²) in [6.45, 7) is 3.56. The Bertz CT molecular complexity index is 1260. The van der Waals surface area contributed by atoms with Gasteiger partial charge >= 0.3 is 19.8 Å². The second-order valence-corrected chi connectivity index (χ2v) is 18.1. The van der Waals surface area contributed by atoms with Crippen molar-refractivity contribution in [2.75, 3.05) is 26.4 Å². The molecule has 0 aromatic carbocycles. The van der Waals surface area contributed by atoms with Crippen LogP contribution < -0.4 is 5.73 Å². The van der Waals surface area contributed by atoms with Crippen LogP contribution in [0.4, 0.5) is 0 Å². The normalized spacial score (nSPS) is 13.8. The fourth-order valence-corrected chi connectivity index (χ4v) is 7.66. The van der Waals surface area contributed by atoms with Crippen molar-refractivity contribution in [2.24, 2.45) is 5.73 Å². The molecule has 9 nitrogen and oxygen atoms in total. The first-order chi connectivity index (χ1) is 30.8. The summed E-state index contributed by atoms with van der Waals surface area (Å²) in [4.78, 5) is 35.0. The molecule has 0 amide bonds. The zero-order chi connectivity index (χ0) is 46.0. The lowest BCUT2D eigenvalue weighted by atomic mass is 10.0. The van der Waals surface area contributed by atoms with Gasteiger partial charge in [0.15, 0.2) is 6.10 Å². The number of esters is 2. The SMILES string of the molecule is CC/C=C/C/C=C/C/C=C/C/C=C/C/C=C/C/C=C/CCC(=O)O[C@H](COC(=O)CCCCCCCCCCCCCCCCCCCCCCCCC)COP(=O)(O)OCCN. The molecule has 2 atom stereocenters. The molecule has 0 rings (SSSR count). The molecule has 0 aliphatic heterocycles. The van der Waals surface area contributed by atoms with E-state index in [9.17, 15) is 19.0 Å². The number of unbranched alkanes of at least 4 members (excludes halogenated alkanes) is 22. The average Bonchev–Trinajstić information content (AvgIpc) is 3.27. The summed E-state index contributed by atoms with van der Waals surface area (Å²) in [7, 11) is -4.40. The summed E-state index contributed by atoms with van der Waals surface area (Å²) < 4.78 is 32.8. The van der Waals surface area contributed by atoms with Gasteiger partial charge in [0.1, 0.15) is 6.61 Å². The lowest BCUT2D eigenvalue weighted by Gasteiger charge is -2.19. The summed E-state index contributed by atoms with van der Waals surface area (Å²) >= 11 is 0. The number of phosphoric acid groups is 1. The summed E-state index contributed by atoms with van der Waals surface area (Å²) in [6.07, 6.45) is 61.1. The highest BCUT2D eigenvalue weighted by atomic mass is 31.2. The van der Waals surface area contributed by atoms with Crippen LogP contribution in [0.2, 0.25) is 0 Å². The van der Waals surface area contributed by atoms with Crippen LogP contribution in [-0.4, -0.2) is 49.3 Å². The summed E-state index contributed by atoms with van der Waals surface area (Å²) in [5, 5.41) is 0. The number of ether oxygens (including phenoxy) is 2. The Morgan fingerprint density at radius 1 is 0.492 bits per heavy atom. The van der Waals surface area contributed by atoms with Crippen molar-refractivity contribution in [3.8, 4) is 0 Å². The monoisotopic (exact) mass is 904 g/mol. The lowest BCUT2D eigenvalue weighted by Crippen LogP contribution is -2.29. The number of phosphoric ester groups is 1. The van der Waals surface area contributed by atoms with E-state index in [-0.39, 0.29) is 32.6 Å². The second-order valence-electron chi connectivity index (χ2n) is 16.7. The van der Waals surface area contributed by atoms with Gasteiger partial charge in [-0.15, -0.1) is 0 Å². The Morgan fingerprint density at radius 3 is 1.27 bits per heavy atom. The van der Waals surface area contributed by atoms with E-state index >= 15 is 0 Å². The fraction of sp³-hybridized carbons (Fsp3) is 0.736. The van der Waals surface area contributed by atoms with E-state index in [2.05, 4.69) is 74.6 Å². The maximum Gasteiger partial charge on any atom is 0.472 e. The summed E-state index contributed by atoms with van der Waals surface area (Å²) in [5.41, 5.74) is 5.36. The van der Waals surface area contributed by atoms with Crippen molar-refractivity contribution in [3.05, 3.63) is 72.9 Å². The molecule has 10 heteroatoms. The number of allylic oxidation sites excluding steroid dienone is 12. The molecule has 0 saturated carbocycles. The number of rotatable bonds is 47. The van der Waals surface area contributed by atoms with Gasteiger partial charge < -0.3 is 20.1 Å². The highest BCUT2D eigenvalue weighted by Crippen LogP contribution is 2.43. The van der Waals surface area contributed by atoms with Crippen molar-refractivity contribution in [1.29, 1.82) is 0 Å². The molecule has 0 radical (unpaired) electrons. The molecule has 0 saturated heterocycles. The van der Waals surface area contributed by atoms with Gasteiger partial charge in [-0.25, -0.2) is 4.57 Å². The molecule has 1 unspecified atom stereocenters. The minimum Gasteiger partial charge on any atom is -0.462 e. The number of hydrogen-bond acceptors (Lipinski definition) is 8. The van der Waals surface area contributed by atoms with Gasteiger partial charge in [0, 0.05) is 19.4 Å². The Balaban J connectivity index is 4.12. The zero-order valence-electron chi connectivity index (χ0n) is 40.3. The van der Waals surface area contributed by atoms with Crippen LogP contribution in [0.25, 0.3) is 0 Å². The molecule has 0 bridgehead atoms. The van der Waals surface area contributed by atoms with Crippen molar-refractivity contribution >= 4 is 19.8 Å². The maximum absolute atomic E-state index is 12.6. The van der Waals surface area contributed by atoms with Gasteiger partial charge in [-0.1, -0.05) is 228 Å². The smallest absolute Gasteiger partial charge is 0.462 e. The molecule has 0 heterocycles. The Labute approximate surface area is 386 Å². The van der Waals surface area contributed by atoms with Gasteiger partial charge in [0.2, 0.25) is 0 Å². The quantitative estimate of drug-likeness (QED) is 0.0265. The van der Waals surface area contributed by atoms with Crippen LogP contribution in [0, 0.1) is 0 Å². The van der Waals surface area contributed by atoms with Crippen LogP contribution in [0.1, 0.15) is 219 Å². The molecule has 0 spiro atoms. The van der Waals surface area contributed by atoms with Crippen LogP contribution in [0.3, 0.4) is 0 Å². The molecule has 3 N–H and O–H groups in total. The third-order valence-corrected chi connectivity index (χ3v) is 11.6.